The lowest BCUT2D eigenvalue weighted by atomic mass is 9.98. The van der Waals surface area contributed by atoms with Crippen molar-refractivity contribution in [2.24, 2.45) is 0 Å². The topological polar surface area (TPSA) is 62.4 Å². The highest BCUT2D eigenvalue weighted by atomic mass is 32.1. The van der Waals surface area contributed by atoms with Gasteiger partial charge in [-0.05, 0) is 25.5 Å². The van der Waals surface area contributed by atoms with Crippen molar-refractivity contribution in [2.45, 2.75) is 25.3 Å². The molecule has 1 aliphatic rings. The van der Waals surface area contributed by atoms with Gasteiger partial charge in [-0.3, -0.25) is 4.90 Å². The van der Waals surface area contributed by atoms with Gasteiger partial charge in [0.05, 0.1) is 5.92 Å². The molecule has 0 amide bonds. The zero-order chi connectivity index (χ0) is 18.5. The van der Waals surface area contributed by atoms with Gasteiger partial charge in [-0.2, -0.15) is 4.98 Å². The van der Waals surface area contributed by atoms with E-state index < -0.39 is 0 Å². The van der Waals surface area contributed by atoms with Gasteiger partial charge in [-0.15, -0.1) is 11.3 Å². The lowest BCUT2D eigenvalue weighted by molar-refractivity contribution is 0.181. The number of hydrogen-bond acceptors (Lipinski definition) is 6. The fraction of sp³-hybridized carbons (Fsp3) is 0.333. The number of likely N-dealkylation sites (tertiary alicyclic amines) is 1. The van der Waals surface area contributed by atoms with Crippen molar-refractivity contribution in [1.82, 2.24) is 15.0 Å². The summed E-state index contributed by atoms with van der Waals surface area (Å²) in [5.74, 6) is 7.33. The molecule has 1 saturated heterocycles. The van der Waals surface area contributed by atoms with Gasteiger partial charge in [0.15, 0.2) is 0 Å². The predicted octanol–water partition coefficient (Wildman–Crippen LogP) is 3.52. The summed E-state index contributed by atoms with van der Waals surface area (Å²) in [7, 11) is 0. The number of hydrogen-bond donors (Lipinski definition) is 1. The van der Waals surface area contributed by atoms with E-state index in [2.05, 4.69) is 32.9 Å². The molecule has 5 nitrogen and oxygen atoms in total. The monoisotopic (exact) mass is 379 g/mol. The number of thiophene rings is 1. The number of rotatable bonds is 4. The highest BCUT2D eigenvalue weighted by Gasteiger charge is 2.26. The second-order valence-electron chi connectivity index (χ2n) is 6.66. The number of nitrogens with zero attached hydrogens (tertiary/aromatic N) is 3. The molecule has 3 aromatic rings. The number of aliphatic hydroxyl groups is 1. The molecule has 0 saturated carbocycles. The molecule has 1 fully saturated rings. The molecule has 3 heterocycles. The van der Waals surface area contributed by atoms with Crippen molar-refractivity contribution in [3.8, 4) is 23.2 Å². The van der Waals surface area contributed by atoms with Gasteiger partial charge in [0, 0.05) is 34.5 Å². The van der Waals surface area contributed by atoms with E-state index in [1.54, 1.807) is 11.3 Å². The molecular weight excluding hydrogens is 358 g/mol. The van der Waals surface area contributed by atoms with Gasteiger partial charge < -0.3 is 9.63 Å². The third-order valence-electron chi connectivity index (χ3n) is 4.67. The van der Waals surface area contributed by atoms with E-state index in [9.17, 15) is 0 Å². The summed E-state index contributed by atoms with van der Waals surface area (Å²) in [6, 6.07) is 12.0. The fourth-order valence-electron chi connectivity index (χ4n) is 3.40. The number of aromatic nitrogens is 2. The second-order valence-corrected chi connectivity index (χ2v) is 7.65. The minimum absolute atomic E-state index is 0.103. The molecule has 1 aromatic carbocycles. The summed E-state index contributed by atoms with van der Waals surface area (Å²) in [5, 5.41) is 15.0. The molecule has 1 aliphatic heterocycles. The van der Waals surface area contributed by atoms with Crippen molar-refractivity contribution in [2.75, 3.05) is 19.7 Å². The molecule has 6 heteroatoms. The quantitative estimate of drug-likeness (QED) is 0.703. The van der Waals surface area contributed by atoms with Gasteiger partial charge in [-0.1, -0.05) is 47.3 Å². The maximum atomic E-state index is 8.81. The molecular formula is C21H21N3O2S. The van der Waals surface area contributed by atoms with Crippen LogP contribution in [0.1, 0.15) is 35.1 Å². The Labute approximate surface area is 162 Å². The van der Waals surface area contributed by atoms with Gasteiger partial charge in [0.1, 0.15) is 6.61 Å². The van der Waals surface area contributed by atoms with Crippen LogP contribution in [0.25, 0.3) is 11.4 Å². The van der Waals surface area contributed by atoms with Crippen molar-refractivity contribution in [3.05, 3.63) is 58.1 Å². The third-order valence-corrected chi connectivity index (χ3v) is 5.59. The van der Waals surface area contributed by atoms with Crippen LogP contribution in [0.4, 0.5) is 0 Å². The Morgan fingerprint density at radius 1 is 1.30 bits per heavy atom. The molecule has 27 heavy (non-hydrogen) atoms. The van der Waals surface area contributed by atoms with Crippen LogP contribution in [0.2, 0.25) is 0 Å². The maximum absolute atomic E-state index is 8.81. The standard InChI is InChI=1S/C21H21N3O2S/c25-11-5-6-16-12-19(27-15-16)14-24-10-4-9-18(13-24)21-22-20(23-26-21)17-7-2-1-3-8-17/h1-3,7-8,12,15,18,25H,4,9-11,13-14H2. The van der Waals surface area contributed by atoms with Crippen molar-refractivity contribution in [3.63, 3.8) is 0 Å². The van der Waals surface area contributed by atoms with E-state index in [4.69, 9.17) is 9.63 Å². The Kier molecular flexibility index (Phi) is 5.64. The zero-order valence-electron chi connectivity index (χ0n) is 15.0. The first kappa shape index (κ1) is 17.9. The Hall–Kier alpha value is -2.46. The second kappa shape index (κ2) is 8.49. The van der Waals surface area contributed by atoms with Crippen LogP contribution in [-0.2, 0) is 6.54 Å². The first-order chi connectivity index (χ1) is 13.3. The maximum Gasteiger partial charge on any atom is 0.231 e. The van der Waals surface area contributed by atoms with Crippen LogP contribution in [-0.4, -0.2) is 39.8 Å². The van der Waals surface area contributed by atoms with E-state index in [1.165, 1.54) is 4.88 Å². The fourth-order valence-corrected chi connectivity index (χ4v) is 4.25. The molecule has 0 bridgehead atoms. The SMILES string of the molecule is OCC#Cc1csc(CN2CCCC(c3nc(-c4ccccc4)no3)C2)c1. The summed E-state index contributed by atoms with van der Waals surface area (Å²) in [6.45, 7) is 2.80. The van der Waals surface area contributed by atoms with Crippen molar-refractivity contribution in [1.29, 1.82) is 0 Å². The molecule has 0 aliphatic carbocycles. The van der Waals surface area contributed by atoms with E-state index >= 15 is 0 Å². The van der Waals surface area contributed by atoms with Crippen LogP contribution in [0, 0.1) is 11.8 Å². The van der Waals surface area contributed by atoms with Gasteiger partial charge >= 0.3 is 0 Å². The molecule has 2 aromatic heterocycles. The minimum Gasteiger partial charge on any atom is -0.384 e. The summed E-state index contributed by atoms with van der Waals surface area (Å²) in [5.41, 5.74) is 1.96. The minimum atomic E-state index is -0.103. The summed E-state index contributed by atoms with van der Waals surface area (Å²) < 4.78 is 5.58. The molecule has 1 N–H and O–H groups in total. The van der Waals surface area contributed by atoms with E-state index in [-0.39, 0.29) is 12.5 Å². The van der Waals surface area contributed by atoms with Gasteiger partial charge in [-0.25, -0.2) is 0 Å². The highest BCUT2D eigenvalue weighted by molar-refractivity contribution is 7.10. The van der Waals surface area contributed by atoms with Crippen molar-refractivity contribution >= 4 is 11.3 Å². The first-order valence-electron chi connectivity index (χ1n) is 9.10. The molecule has 138 valence electrons. The van der Waals surface area contributed by atoms with Crippen LogP contribution < -0.4 is 0 Å². The van der Waals surface area contributed by atoms with Crippen LogP contribution in [0.15, 0.2) is 46.3 Å². The lowest BCUT2D eigenvalue weighted by Crippen LogP contribution is -2.33. The smallest absolute Gasteiger partial charge is 0.231 e. The summed E-state index contributed by atoms with van der Waals surface area (Å²) in [4.78, 5) is 8.37. The largest absolute Gasteiger partial charge is 0.384 e. The average molecular weight is 379 g/mol. The predicted molar refractivity (Wildman–Crippen MR) is 105 cm³/mol. The zero-order valence-corrected chi connectivity index (χ0v) is 15.8. The van der Waals surface area contributed by atoms with Gasteiger partial charge in [0.2, 0.25) is 11.7 Å². The molecule has 0 radical (unpaired) electrons. The molecule has 1 atom stereocenters. The summed E-state index contributed by atoms with van der Waals surface area (Å²) in [6.07, 6.45) is 2.20. The normalized spacial score (nSPS) is 17.4. The van der Waals surface area contributed by atoms with Crippen LogP contribution in [0.3, 0.4) is 0 Å². The van der Waals surface area contributed by atoms with E-state index in [0.29, 0.717) is 5.82 Å². The van der Waals surface area contributed by atoms with Gasteiger partial charge in [0.25, 0.3) is 0 Å². The molecule has 4 rings (SSSR count). The van der Waals surface area contributed by atoms with Crippen LogP contribution >= 0.6 is 11.3 Å². The number of benzene rings is 1. The molecule has 1 unspecified atom stereocenters. The Morgan fingerprint density at radius 2 is 2.19 bits per heavy atom. The average Bonchev–Trinajstić information content (AvgIpc) is 3.37. The highest BCUT2D eigenvalue weighted by Crippen LogP contribution is 2.29. The lowest BCUT2D eigenvalue weighted by Gasteiger charge is -2.30. The molecule has 0 spiro atoms. The summed E-state index contributed by atoms with van der Waals surface area (Å²) >= 11 is 1.71. The number of aliphatic hydroxyl groups excluding tert-OH is 1. The van der Waals surface area contributed by atoms with E-state index in [1.807, 2.05) is 35.7 Å². The Balaban J connectivity index is 1.41. The third kappa shape index (κ3) is 4.45. The van der Waals surface area contributed by atoms with E-state index in [0.717, 1.165) is 49.5 Å². The Bertz CT molecular complexity index is 939. The van der Waals surface area contributed by atoms with Crippen LogP contribution in [0.5, 0.6) is 0 Å². The van der Waals surface area contributed by atoms with Crippen molar-refractivity contribution < 1.29 is 9.63 Å². The number of piperidine rings is 1. The Morgan fingerprint density at radius 3 is 3.04 bits per heavy atom. The first-order valence-corrected chi connectivity index (χ1v) is 9.98.